The van der Waals surface area contributed by atoms with Gasteiger partial charge in [-0.3, -0.25) is 0 Å². The molecule has 5 aromatic rings. The van der Waals surface area contributed by atoms with Crippen LogP contribution in [0.2, 0.25) is 0 Å². The molecule has 192 valence electrons. The van der Waals surface area contributed by atoms with Gasteiger partial charge < -0.3 is 13.9 Å². The molecule has 1 atom stereocenters. The number of carbonyl (C=O) groups is 1. The highest BCUT2D eigenvalue weighted by molar-refractivity contribution is 9.11. The summed E-state index contributed by atoms with van der Waals surface area (Å²) in [5.41, 5.74) is 6.38. The van der Waals surface area contributed by atoms with E-state index in [0.29, 0.717) is 12.2 Å². The van der Waals surface area contributed by atoms with Crippen LogP contribution in [0.25, 0.3) is 33.2 Å². The number of para-hydroxylation sites is 1. The summed E-state index contributed by atoms with van der Waals surface area (Å²) in [6, 6.07) is 31.0. The topological polar surface area (TPSA) is 48.7 Å². The number of esters is 1. The van der Waals surface area contributed by atoms with Crippen molar-refractivity contribution in [2.45, 2.75) is 25.9 Å². The second-order valence-electron chi connectivity index (χ2n) is 8.94. The van der Waals surface area contributed by atoms with Gasteiger partial charge in [0, 0.05) is 17.4 Å². The Bertz CT molecular complexity index is 1550. The largest absolute Gasteiger partial charge is 0.476 e. The summed E-state index contributed by atoms with van der Waals surface area (Å²) in [5.74, 6) is 1.12. The van der Waals surface area contributed by atoms with Crippen molar-refractivity contribution in [1.82, 2.24) is 0 Å². The molecular weight excluding hydrogens is 608 g/mol. The molecule has 5 rings (SSSR count). The Morgan fingerprint density at radius 3 is 2.13 bits per heavy atom. The number of rotatable bonds is 8. The second kappa shape index (κ2) is 11.6. The van der Waals surface area contributed by atoms with E-state index in [1.807, 2.05) is 43.3 Å². The lowest BCUT2D eigenvalue weighted by atomic mass is 9.96. The molecule has 4 nitrogen and oxygen atoms in total. The Balaban J connectivity index is 1.47. The van der Waals surface area contributed by atoms with Gasteiger partial charge in [-0.15, -0.1) is 0 Å². The number of methoxy groups -OCH3 is 1. The van der Waals surface area contributed by atoms with Gasteiger partial charge in [0.2, 0.25) is 0 Å². The summed E-state index contributed by atoms with van der Waals surface area (Å²) < 4.78 is 18.6. The Morgan fingerprint density at radius 2 is 1.47 bits per heavy atom. The van der Waals surface area contributed by atoms with Gasteiger partial charge in [0.05, 0.1) is 16.1 Å². The molecule has 1 aromatic heterocycles. The fourth-order valence-corrected chi connectivity index (χ4v) is 5.93. The average molecular weight is 634 g/mol. The van der Waals surface area contributed by atoms with Gasteiger partial charge in [0.25, 0.3) is 0 Å². The molecule has 38 heavy (non-hydrogen) atoms. The zero-order chi connectivity index (χ0) is 26.6. The van der Waals surface area contributed by atoms with Crippen molar-refractivity contribution < 1.29 is 18.7 Å². The maximum atomic E-state index is 12.0. The smallest absolute Gasteiger partial charge is 0.347 e. The van der Waals surface area contributed by atoms with Crippen molar-refractivity contribution in [3.8, 4) is 28.0 Å². The first-order valence-electron chi connectivity index (χ1n) is 12.4. The summed E-state index contributed by atoms with van der Waals surface area (Å²) >= 11 is 7.24. The van der Waals surface area contributed by atoms with E-state index in [9.17, 15) is 4.79 Å². The first kappa shape index (κ1) is 26.3. The normalized spacial score (nSPS) is 11.9. The number of carbonyl (C=O) groups excluding carboxylic acids is 1. The molecule has 0 fully saturated rings. The molecule has 0 aliphatic carbocycles. The van der Waals surface area contributed by atoms with Crippen LogP contribution in [-0.2, 0) is 16.0 Å². The maximum Gasteiger partial charge on any atom is 0.347 e. The number of furan rings is 1. The van der Waals surface area contributed by atoms with Crippen molar-refractivity contribution in [2.24, 2.45) is 0 Å². The summed E-state index contributed by atoms with van der Waals surface area (Å²) in [5, 5.41) is 1.11. The highest BCUT2D eigenvalue weighted by Crippen LogP contribution is 2.40. The van der Waals surface area contributed by atoms with Crippen LogP contribution in [0, 0.1) is 0 Å². The number of halogens is 2. The van der Waals surface area contributed by atoms with E-state index >= 15 is 0 Å². The van der Waals surface area contributed by atoms with E-state index in [0.717, 1.165) is 54.3 Å². The van der Waals surface area contributed by atoms with E-state index in [1.54, 1.807) is 0 Å². The van der Waals surface area contributed by atoms with Crippen LogP contribution in [-0.4, -0.2) is 19.2 Å². The molecular formula is C32H26Br2O4. The molecule has 0 amide bonds. The van der Waals surface area contributed by atoms with E-state index in [4.69, 9.17) is 13.9 Å². The first-order valence-corrected chi connectivity index (χ1v) is 14.0. The molecule has 4 aromatic carbocycles. The number of fused-ring (bicyclic) bond motifs is 1. The van der Waals surface area contributed by atoms with Gasteiger partial charge in [-0.1, -0.05) is 79.7 Å². The molecule has 0 unspecified atom stereocenters. The molecule has 0 aliphatic heterocycles. The van der Waals surface area contributed by atoms with Crippen molar-refractivity contribution in [3.63, 3.8) is 0 Å². The van der Waals surface area contributed by atoms with Gasteiger partial charge in [-0.25, -0.2) is 4.79 Å². The highest BCUT2D eigenvalue weighted by Gasteiger charge is 2.22. The van der Waals surface area contributed by atoms with Gasteiger partial charge in [-0.05, 0) is 78.7 Å². The maximum absolute atomic E-state index is 12.0. The third-order valence-corrected chi connectivity index (χ3v) is 7.65. The molecule has 0 aliphatic rings. The monoisotopic (exact) mass is 632 g/mol. The quantitative estimate of drug-likeness (QED) is 0.160. The van der Waals surface area contributed by atoms with Crippen LogP contribution in [0.3, 0.4) is 0 Å². The van der Waals surface area contributed by atoms with Crippen LogP contribution < -0.4 is 4.74 Å². The van der Waals surface area contributed by atoms with E-state index < -0.39 is 12.1 Å². The minimum atomic E-state index is -0.674. The van der Waals surface area contributed by atoms with Gasteiger partial charge in [-0.2, -0.15) is 0 Å². The fourth-order valence-electron chi connectivity index (χ4n) is 4.56. The van der Waals surface area contributed by atoms with Crippen molar-refractivity contribution in [1.29, 1.82) is 0 Å². The van der Waals surface area contributed by atoms with E-state index in [2.05, 4.69) is 86.5 Å². The van der Waals surface area contributed by atoms with Crippen molar-refractivity contribution >= 4 is 48.8 Å². The summed E-state index contributed by atoms with van der Waals surface area (Å²) in [7, 11) is 1.36. The van der Waals surface area contributed by atoms with Crippen LogP contribution >= 0.6 is 31.9 Å². The highest BCUT2D eigenvalue weighted by atomic mass is 79.9. The third-order valence-electron chi connectivity index (χ3n) is 6.48. The van der Waals surface area contributed by atoms with Crippen LogP contribution in [0.4, 0.5) is 0 Å². The molecule has 0 saturated carbocycles. The Labute approximate surface area is 238 Å². The Hall–Kier alpha value is -3.35. The van der Waals surface area contributed by atoms with Crippen molar-refractivity contribution in [2.75, 3.05) is 7.11 Å². The van der Waals surface area contributed by atoms with Gasteiger partial charge in [0.1, 0.15) is 17.1 Å². The summed E-state index contributed by atoms with van der Waals surface area (Å²) in [4.78, 5) is 12.0. The third kappa shape index (κ3) is 5.42. The molecule has 0 spiro atoms. The predicted octanol–water partition coefficient (Wildman–Crippen LogP) is 9.21. The molecule has 0 bridgehead atoms. The van der Waals surface area contributed by atoms with Crippen molar-refractivity contribution in [3.05, 3.63) is 111 Å². The van der Waals surface area contributed by atoms with Crippen LogP contribution in [0.15, 0.2) is 104 Å². The second-order valence-corrected chi connectivity index (χ2v) is 10.7. The van der Waals surface area contributed by atoms with Gasteiger partial charge >= 0.3 is 5.97 Å². The zero-order valence-electron chi connectivity index (χ0n) is 21.0. The number of hydrogen-bond donors (Lipinski definition) is 0. The van der Waals surface area contributed by atoms with Crippen LogP contribution in [0.1, 0.15) is 24.7 Å². The fraction of sp³-hybridized carbons (Fsp3) is 0.156. The summed E-state index contributed by atoms with van der Waals surface area (Å²) in [6.07, 6.45) is 0.551. The zero-order valence-corrected chi connectivity index (χ0v) is 24.2. The molecule has 0 N–H and O–H groups in total. The summed E-state index contributed by atoms with van der Waals surface area (Å²) in [6.45, 7) is 1.88. The first-order chi connectivity index (χ1) is 18.5. The molecule has 0 saturated heterocycles. The standard InChI is InChI=1S/C32H26Br2O4/c1-3-27(32(35)36-2)38-31-25(33)18-23(19-26(31)34)21-13-15-22(16-14-21)30-24-11-7-8-12-28(24)37-29(30)17-20-9-5-4-6-10-20/h4-16,18-19,27H,3,17H2,1-2H3/t27-/m0/s1. The molecule has 6 heteroatoms. The lowest BCUT2D eigenvalue weighted by Crippen LogP contribution is -2.28. The predicted molar refractivity (Wildman–Crippen MR) is 158 cm³/mol. The minimum Gasteiger partial charge on any atom is -0.476 e. The van der Waals surface area contributed by atoms with Crippen LogP contribution in [0.5, 0.6) is 5.75 Å². The van der Waals surface area contributed by atoms with E-state index in [1.165, 1.54) is 12.7 Å². The lowest BCUT2D eigenvalue weighted by Gasteiger charge is -2.18. The SMILES string of the molecule is CC[C@H](Oc1c(Br)cc(-c2ccc(-c3c(Cc4ccccc4)oc4ccccc34)cc2)cc1Br)C(=O)OC. The van der Waals surface area contributed by atoms with E-state index in [-0.39, 0.29) is 0 Å². The molecule has 1 heterocycles. The lowest BCUT2D eigenvalue weighted by molar-refractivity contribution is -0.148. The Morgan fingerprint density at radius 1 is 0.842 bits per heavy atom. The number of hydrogen-bond acceptors (Lipinski definition) is 4. The minimum absolute atomic E-state index is 0.399. The average Bonchev–Trinajstić information content (AvgIpc) is 3.30. The molecule has 0 radical (unpaired) electrons. The van der Waals surface area contributed by atoms with Gasteiger partial charge in [0.15, 0.2) is 6.10 Å². The number of ether oxygens (including phenoxy) is 2. The Kier molecular flexibility index (Phi) is 8.01. The number of benzene rings is 4.